The Balaban J connectivity index is 1.40. The van der Waals surface area contributed by atoms with Crippen LogP contribution in [0.4, 0.5) is 10.1 Å². The lowest BCUT2D eigenvalue weighted by molar-refractivity contribution is -0.117. The molecular formula is C19H19FN2O3. The first-order valence-electron chi connectivity index (χ1n) is 8.36. The van der Waals surface area contributed by atoms with Crippen molar-refractivity contribution in [3.63, 3.8) is 0 Å². The number of halogens is 1. The predicted molar refractivity (Wildman–Crippen MR) is 91.0 cm³/mol. The average molecular weight is 342 g/mol. The topological polar surface area (TPSA) is 50.8 Å². The van der Waals surface area contributed by atoms with E-state index in [1.54, 1.807) is 30.3 Å². The van der Waals surface area contributed by atoms with E-state index >= 15 is 0 Å². The fourth-order valence-corrected chi connectivity index (χ4v) is 2.96. The van der Waals surface area contributed by atoms with Gasteiger partial charge in [-0.05, 0) is 31.0 Å². The van der Waals surface area contributed by atoms with Crippen molar-refractivity contribution >= 4 is 11.6 Å². The molecule has 2 aromatic rings. The van der Waals surface area contributed by atoms with Gasteiger partial charge >= 0.3 is 0 Å². The molecule has 0 atom stereocenters. The van der Waals surface area contributed by atoms with Gasteiger partial charge in [0.05, 0.1) is 6.54 Å². The summed E-state index contributed by atoms with van der Waals surface area (Å²) in [5.41, 5.74) is 1.28. The molecular weight excluding hydrogens is 323 g/mol. The highest BCUT2D eigenvalue weighted by atomic mass is 19.1. The summed E-state index contributed by atoms with van der Waals surface area (Å²) in [7, 11) is 0. The summed E-state index contributed by atoms with van der Waals surface area (Å²) in [5.74, 6) is 0.951. The minimum absolute atomic E-state index is 0.123. The molecule has 0 aromatic heterocycles. The van der Waals surface area contributed by atoms with Gasteiger partial charge in [0.1, 0.15) is 5.82 Å². The number of ether oxygens (including phenoxy) is 2. The van der Waals surface area contributed by atoms with Gasteiger partial charge in [0.2, 0.25) is 12.7 Å². The average Bonchev–Trinajstić information content (AvgIpc) is 3.34. The molecule has 1 fully saturated rings. The molecule has 0 bridgehead atoms. The van der Waals surface area contributed by atoms with Gasteiger partial charge in [-0.1, -0.05) is 18.2 Å². The number of amides is 1. The van der Waals surface area contributed by atoms with Crippen LogP contribution in [0.1, 0.15) is 18.4 Å². The summed E-state index contributed by atoms with van der Waals surface area (Å²) in [6.45, 7) is 0.865. The van der Waals surface area contributed by atoms with Gasteiger partial charge < -0.3 is 14.8 Å². The molecule has 1 aliphatic carbocycles. The van der Waals surface area contributed by atoms with Gasteiger partial charge in [-0.2, -0.15) is 0 Å². The molecule has 130 valence electrons. The number of nitrogens with one attached hydrogen (secondary N) is 1. The Morgan fingerprint density at radius 2 is 1.96 bits per heavy atom. The van der Waals surface area contributed by atoms with Crippen molar-refractivity contribution in [2.24, 2.45) is 0 Å². The van der Waals surface area contributed by atoms with Gasteiger partial charge in [-0.3, -0.25) is 9.69 Å². The maximum absolute atomic E-state index is 13.9. The summed E-state index contributed by atoms with van der Waals surface area (Å²) in [5, 5.41) is 2.88. The zero-order valence-electron chi connectivity index (χ0n) is 13.7. The SMILES string of the molecule is O=C(CN(Cc1ccccc1F)C1CC1)Nc1ccc2c(c1)OCO2. The van der Waals surface area contributed by atoms with E-state index in [4.69, 9.17) is 9.47 Å². The highest BCUT2D eigenvalue weighted by Gasteiger charge is 2.30. The lowest BCUT2D eigenvalue weighted by atomic mass is 10.2. The number of fused-ring (bicyclic) bond motifs is 1. The van der Waals surface area contributed by atoms with Crippen LogP contribution in [0.25, 0.3) is 0 Å². The first-order valence-corrected chi connectivity index (χ1v) is 8.36. The Hall–Kier alpha value is -2.60. The van der Waals surface area contributed by atoms with Gasteiger partial charge in [-0.15, -0.1) is 0 Å². The highest BCUT2D eigenvalue weighted by Crippen LogP contribution is 2.34. The van der Waals surface area contributed by atoms with Crippen molar-refractivity contribution in [1.82, 2.24) is 4.90 Å². The number of benzene rings is 2. The van der Waals surface area contributed by atoms with E-state index in [9.17, 15) is 9.18 Å². The molecule has 5 nitrogen and oxygen atoms in total. The molecule has 25 heavy (non-hydrogen) atoms. The van der Waals surface area contributed by atoms with Crippen LogP contribution in [0.15, 0.2) is 42.5 Å². The van der Waals surface area contributed by atoms with Crippen LogP contribution in [0.2, 0.25) is 0 Å². The van der Waals surface area contributed by atoms with Crippen molar-refractivity contribution in [2.75, 3.05) is 18.7 Å². The Kier molecular flexibility index (Phi) is 4.28. The van der Waals surface area contributed by atoms with Crippen molar-refractivity contribution in [3.05, 3.63) is 53.8 Å². The number of nitrogens with zero attached hydrogens (tertiary/aromatic N) is 1. The molecule has 0 unspecified atom stereocenters. The third kappa shape index (κ3) is 3.74. The molecule has 1 heterocycles. The molecule has 1 N–H and O–H groups in total. The number of anilines is 1. The second-order valence-electron chi connectivity index (χ2n) is 6.34. The highest BCUT2D eigenvalue weighted by molar-refractivity contribution is 5.92. The first kappa shape index (κ1) is 15.9. The monoisotopic (exact) mass is 342 g/mol. The van der Waals surface area contributed by atoms with Crippen LogP contribution < -0.4 is 14.8 Å². The molecule has 1 aliphatic heterocycles. The molecule has 2 aromatic carbocycles. The van der Waals surface area contributed by atoms with E-state index in [0.717, 1.165) is 12.8 Å². The molecule has 6 heteroatoms. The van der Waals surface area contributed by atoms with Gasteiger partial charge in [0.25, 0.3) is 0 Å². The largest absolute Gasteiger partial charge is 0.454 e. The number of carbonyl (C=O) groups excluding carboxylic acids is 1. The fraction of sp³-hybridized carbons (Fsp3) is 0.316. The summed E-state index contributed by atoms with van der Waals surface area (Å²) >= 11 is 0. The first-order chi connectivity index (χ1) is 12.2. The fourth-order valence-electron chi connectivity index (χ4n) is 2.96. The quantitative estimate of drug-likeness (QED) is 0.876. The molecule has 0 spiro atoms. The Labute approximate surface area is 145 Å². The van der Waals surface area contributed by atoms with Crippen LogP contribution in [0.5, 0.6) is 11.5 Å². The number of rotatable bonds is 6. The summed E-state index contributed by atoms with van der Waals surface area (Å²) < 4.78 is 24.5. The van der Waals surface area contributed by atoms with E-state index in [0.29, 0.717) is 35.3 Å². The van der Waals surface area contributed by atoms with Crippen molar-refractivity contribution in [3.8, 4) is 11.5 Å². The predicted octanol–water partition coefficient (Wildman–Crippen LogP) is 3.16. The lowest BCUT2D eigenvalue weighted by Gasteiger charge is -2.21. The summed E-state index contributed by atoms with van der Waals surface area (Å²) in [6, 6.07) is 12.4. The van der Waals surface area contributed by atoms with E-state index in [2.05, 4.69) is 5.32 Å². The zero-order valence-corrected chi connectivity index (χ0v) is 13.7. The Bertz CT molecular complexity index is 792. The van der Waals surface area contributed by atoms with Crippen LogP contribution in [0, 0.1) is 5.82 Å². The van der Waals surface area contributed by atoms with Crippen molar-refractivity contribution in [1.29, 1.82) is 0 Å². The van der Waals surface area contributed by atoms with Crippen LogP contribution in [0.3, 0.4) is 0 Å². The molecule has 0 radical (unpaired) electrons. The van der Waals surface area contributed by atoms with Crippen LogP contribution in [-0.2, 0) is 11.3 Å². The molecule has 4 rings (SSSR count). The molecule has 1 saturated carbocycles. The molecule has 0 saturated heterocycles. The van der Waals surface area contributed by atoms with Gasteiger partial charge in [0.15, 0.2) is 11.5 Å². The van der Waals surface area contributed by atoms with E-state index in [1.807, 2.05) is 11.0 Å². The Morgan fingerprint density at radius 1 is 1.16 bits per heavy atom. The lowest BCUT2D eigenvalue weighted by Crippen LogP contribution is -2.34. The maximum Gasteiger partial charge on any atom is 0.238 e. The second kappa shape index (κ2) is 6.72. The van der Waals surface area contributed by atoms with Gasteiger partial charge in [0, 0.05) is 29.9 Å². The minimum Gasteiger partial charge on any atom is -0.454 e. The van der Waals surface area contributed by atoms with Crippen LogP contribution >= 0.6 is 0 Å². The van der Waals surface area contributed by atoms with Crippen LogP contribution in [-0.4, -0.2) is 30.2 Å². The van der Waals surface area contributed by atoms with Crippen molar-refractivity contribution in [2.45, 2.75) is 25.4 Å². The molecule has 2 aliphatic rings. The summed E-state index contributed by atoms with van der Waals surface area (Å²) in [6.07, 6.45) is 2.09. The third-order valence-electron chi connectivity index (χ3n) is 4.40. The van der Waals surface area contributed by atoms with E-state index in [1.165, 1.54) is 6.07 Å². The molecule has 1 amide bonds. The number of hydrogen-bond donors (Lipinski definition) is 1. The number of carbonyl (C=O) groups is 1. The third-order valence-corrected chi connectivity index (χ3v) is 4.40. The Morgan fingerprint density at radius 3 is 2.76 bits per heavy atom. The summed E-state index contributed by atoms with van der Waals surface area (Å²) in [4.78, 5) is 14.4. The number of hydrogen-bond acceptors (Lipinski definition) is 4. The van der Waals surface area contributed by atoms with Crippen molar-refractivity contribution < 1.29 is 18.7 Å². The zero-order chi connectivity index (χ0) is 17.2. The maximum atomic E-state index is 13.9. The normalized spacial score (nSPS) is 15.4. The van der Waals surface area contributed by atoms with E-state index < -0.39 is 0 Å². The standard InChI is InChI=1S/C19H19FN2O3/c20-16-4-2-1-3-13(16)10-22(15-6-7-15)11-19(23)21-14-5-8-17-18(9-14)25-12-24-17/h1-5,8-9,15H,6-7,10-12H2,(H,21,23). The minimum atomic E-state index is -0.232. The smallest absolute Gasteiger partial charge is 0.238 e. The van der Waals surface area contributed by atoms with Gasteiger partial charge in [-0.25, -0.2) is 4.39 Å². The van der Waals surface area contributed by atoms with E-state index in [-0.39, 0.29) is 25.1 Å². The second-order valence-corrected chi connectivity index (χ2v) is 6.34.